The van der Waals surface area contributed by atoms with Gasteiger partial charge in [-0.3, -0.25) is 9.36 Å². The fourth-order valence-electron chi connectivity index (χ4n) is 5.02. The summed E-state index contributed by atoms with van der Waals surface area (Å²) in [5, 5.41) is 6.88. The highest BCUT2D eigenvalue weighted by atomic mass is 32.1. The molecule has 0 fully saturated rings. The highest BCUT2D eigenvalue weighted by Gasteiger charge is 2.33. The Hall–Kier alpha value is -4.34. The van der Waals surface area contributed by atoms with Crippen LogP contribution in [-0.2, 0) is 9.53 Å². The Kier molecular flexibility index (Phi) is 7.15. The van der Waals surface area contributed by atoms with Crippen molar-refractivity contribution in [2.24, 2.45) is 4.99 Å². The smallest absolute Gasteiger partial charge is 0.338 e. The van der Waals surface area contributed by atoms with Crippen LogP contribution in [0.25, 0.3) is 22.3 Å². The molecule has 1 aliphatic rings. The van der Waals surface area contributed by atoms with Crippen LogP contribution in [-0.4, -0.2) is 27.4 Å². The van der Waals surface area contributed by atoms with E-state index in [0.717, 1.165) is 27.4 Å². The molecule has 6 rings (SSSR count). The van der Waals surface area contributed by atoms with E-state index in [9.17, 15) is 9.59 Å². The van der Waals surface area contributed by atoms with Gasteiger partial charge in [0, 0.05) is 11.8 Å². The number of aromatic nitrogens is 3. The Morgan fingerprint density at radius 3 is 2.46 bits per heavy atom. The van der Waals surface area contributed by atoms with E-state index in [1.54, 1.807) is 22.8 Å². The molecule has 1 unspecified atom stereocenters. The summed E-state index contributed by atoms with van der Waals surface area (Å²) in [5.74, 6) is -0.139. The molecule has 1 atom stereocenters. The molecule has 0 bridgehead atoms. The van der Waals surface area contributed by atoms with Gasteiger partial charge < -0.3 is 4.74 Å². The molecule has 0 saturated heterocycles. The van der Waals surface area contributed by atoms with Crippen molar-refractivity contribution in [1.29, 1.82) is 0 Å². The molecular formula is C32H28N4O3S2. The average molecular weight is 581 g/mol. The number of methoxy groups -OCH3 is 1. The molecule has 0 radical (unpaired) electrons. The number of nitrogens with zero attached hydrogens (tertiary/aromatic N) is 4. The number of carbonyl (C=O) groups is 1. The van der Waals surface area contributed by atoms with Crippen LogP contribution < -0.4 is 14.9 Å². The van der Waals surface area contributed by atoms with Gasteiger partial charge in [-0.15, -0.1) is 11.3 Å². The van der Waals surface area contributed by atoms with E-state index in [2.05, 4.69) is 18.8 Å². The molecule has 0 aliphatic carbocycles. The fraction of sp³-hybridized carbons (Fsp3) is 0.188. The lowest BCUT2D eigenvalue weighted by Crippen LogP contribution is -2.39. The van der Waals surface area contributed by atoms with E-state index >= 15 is 0 Å². The molecule has 0 saturated carbocycles. The average Bonchev–Trinajstić information content (AvgIpc) is 3.72. The topological polar surface area (TPSA) is 78.5 Å². The van der Waals surface area contributed by atoms with Gasteiger partial charge in [0.1, 0.15) is 5.69 Å². The summed E-state index contributed by atoms with van der Waals surface area (Å²) in [6.07, 6.45) is 3.82. The molecular weight excluding hydrogens is 553 g/mol. The molecule has 7 nitrogen and oxygen atoms in total. The van der Waals surface area contributed by atoms with E-state index < -0.39 is 12.0 Å². The minimum atomic E-state index is -0.647. The molecule has 2 aromatic carbocycles. The largest absolute Gasteiger partial charge is 0.466 e. The van der Waals surface area contributed by atoms with Crippen molar-refractivity contribution < 1.29 is 9.53 Å². The van der Waals surface area contributed by atoms with Crippen molar-refractivity contribution in [1.82, 2.24) is 14.3 Å². The van der Waals surface area contributed by atoms with Gasteiger partial charge in [-0.25, -0.2) is 14.5 Å². The molecule has 4 heterocycles. The van der Waals surface area contributed by atoms with Crippen molar-refractivity contribution in [2.45, 2.75) is 32.7 Å². The van der Waals surface area contributed by atoms with Gasteiger partial charge in [-0.05, 0) is 53.6 Å². The number of benzene rings is 2. The number of rotatable bonds is 6. The Morgan fingerprint density at radius 1 is 1.05 bits per heavy atom. The van der Waals surface area contributed by atoms with Crippen molar-refractivity contribution in [3.05, 3.63) is 126 Å². The second kappa shape index (κ2) is 10.9. The first-order valence-electron chi connectivity index (χ1n) is 13.3. The maximum atomic E-state index is 14.1. The normalized spacial score (nSPS) is 15.2. The molecule has 1 aliphatic heterocycles. The summed E-state index contributed by atoms with van der Waals surface area (Å²) in [5.41, 5.74) is 5.23. The second-order valence-electron chi connectivity index (χ2n) is 10.1. The monoisotopic (exact) mass is 580 g/mol. The van der Waals surface area contributed by atoms with E-state index in [-0.39, 0.29) is 5.56 Å². The first-order chi connectivity index (χ1) is 19.9. The standard InChI is InChI=1S/C32H28N4O3S2/c1-19(2)21-12-14-22(15-13-21)29-27(31(38)39-4)20(3)33-32-36(29)30(37)26(41-32)17-23-18-35(24-9-6-5-7-10-24)34-28(23)25-11-8-16-40-25/h5-19,29H,1-4H3/b26-17-. The van der Waals surface area contributed by atoms with Gasteiger partial charge >= 0.3 is 5.97 Å². The predicted molar refractivity (Wildman–Crippen MR) is 163 cm³/mol. The predicted octanol–water partition coefficient (Wildman–Crippen LogP) is 5.45. The quantitative estimate of drug-likeness (QED) is 0.251. The molecule has 9 heteroatoms. The number of hydrogen-bond donors (Lipinski definition) is 0. The number of fused-ring (bicyclic) bond motifs is 1. The van der Waals surface area contributed by atoms with Crippen LogP contribution in [0.3, 0.4) is 0 Å². The number of ether oxygens (including phenoxy) is 1. The Labute approximate surface area is 245 Å². The number of hydrogen-bond acceptors (Lipinski definition) is 7. The van der Waals surface area contributed by atoms with Crippen LogP contribution in [0.2, 0.25) is 0 Å². The number of carbonyl (C=O) groups excluding carboxylic acids is 1. The molecule has 0 spiro atoms. The fourth-order valence-corrected chi connectivity index (χ4v) is 6.79. The summed E-state index contributed by atoms with van der Waals surface area (Å²) in [7, 11) is 1.35. The first-order valence-corrected chi connectivity index (χ1v) is 14.9. The number of esters is 1. The zero-order valence-electron chi connectivity index (χ0n) is 23.1. The third kappa shape index (κ3) is 4.92. The van der Waals surface area contributed by atoms with Gasteiger partial charge in [-0.2, -0.15) is 5.10 Å². The third-order valence-corrected chi connectivity index (χ3v) is 9.01. The Bertz CT molecular complexity index is 1950. The number of allylic oxidation sites excluding steroid dienone is 1. The van der Waals surface area contributed by atoms with Crippen LogP contribution >= 0.6 is 22.7 Å². The summed E-state index contributed by atoms with van der Waals surface area (Å²) in [6, 6.07) is 21.3. The maximum Gasteiger partial charge on any atom is 0.338 e. The van der Waals surface area contributed by atoms with Gasteiger partial charge in [0.25, 0.3) is 5.56 Å². The molecule has 3 aromatic heterocycles. The second-order valence-corrected chi connectivity index (χ2v) is 12.0. The Morgan fingerprint density at radius 2 is 1.80 bits per heavy atom. The molecule has 206 valence electrons. The van der Waals surface area contributed by atoms with Crippen LogP contribution in [0, 0.1) is 0 Å². The van der Waals surface area contributed by atoms with Crippen LogP contribution in [0.15, 0.2) is 99.4 Å². The lowest BCUT2D eigenvalue weighted by atomic mass is 9.93. The molecule has 0 amide bonds. The van der Waals surface area contributed by atoms with Crippen molar-refractivity contribution in [3.63, 3.8) is 0 Å². The summed E-state index contributed by atoms with van der Waals surface area (Å²) < 4.78 is 9.11. The highest BCUT2D eigenvalue weighted by Crippen LogP contribution is 2.32. The van der Waals surface area contributed by atoms with Gasteiger partial charge in [0.2, 0.25) is 0 Å². The summed E-state index contributed by atoms with van der Waals surface area (Å²) in [4.78, 5) is 33.3. The Balaban J connectivity index is 1.54. The van der Waals surface area contributed by atoms with Gasteiger partial charge in [-0.1, -0.05) is 73.7 Å². The minimum Gasteiger partial charge on any atom is -0.466 e. The third-order valence-electron chi connectivity index (χ3n) is 7.15. The molecule has 5 aromatic rings. The highest BCUT2D eigenvalue weighted by molar-refractivity contribution is 7.13. The van der Waals surface area contributed by atoms with Crippen molar-refractivity contribution in [3.8, 4) is 16.3 Å². The zero-order valence-corrected chi connectivity index (χ0v) is 24.7. The lowest BCUT2D eigenvalue weighted by molar-refractivity contribution is -0.136. The van der Waals surface area contributed by atoms with Gasteiger partial charge in [0.05, 0.1) is 39.5 Å². The lowest BCUT2D eigenvalue weighted by Gasteiger charge is -2.24. The zero-order chi connectivity index (χ0) is 28.7. The van der Waals surface area contributed by atoms with Crippen LogP contribution in [0.5, 0.6) is 0 Å². The van der Waals surface area contributed by atoms with Crippen molar-refractivity contribution >= 4 is 34.7 Å². The van der Waals surface area contributed by atoms with Crippen LogP contribution in [0.1, 0.15) is 49.4 Å². The number of thiazole rings is 1. The van der Waals surface area contributed by atoms with E-state index in [1.807, 2.05) is 89.1 Å². The summed E-state index contributed by atoms with van der Waals surface area (Å²) >= 11 is 2.90. The summed E-state index contributed by atoms with van der Waals surface area (Å²) in [6.45, 7) is 6.05. The van der Waals surface area contributed by atoms with Crippen molar-refractivity contribution in [2.75, 3.05) is 7.11 Å². The SMILES string of the molecule is COC(=O)C1=C(C)N=c2s/c(=C\c3cn(-c4ccccc4)nc3-c3cccs3)c(=O)n2C1c1ccc(C(C)C)cc1. The number of thiophene rings is 1. The molecule has 0 N–H and O–H groups in total. The maximum absolute atomic E-state index is 14.1. The van der Waals surface area contributed by atoms with E-state index in [0.29, 0.717) is 26.5 Å². The minimum absolute atomic E-state index is 0.217. The molecule has 41 heavy (non-hydrogen) atoms. The number of para-hydroxylation sites is 1. The van der Waals surface area contributed by atoms with Gasteiger partial charge in [0.15, 0.2) is 4.80 Å². The van der Waals surface area contributed by atoms with E-state index in [1.165, 1.54) is 24.0 Å². The first kappa shape index (κ1) is 26.9. The van der Waals surface area contributed by atoms with E-state index in [4.69, 9.17) is 9.84 Å². The van der Waals surface area contributed by atoms with Crippen LogP contribution in [0.4, 0.5) is 0 Å².